The molecule has 1 saturated carbocycles. The monoisotopic (exact) mass is 402 g/mol. The highest BCUT2D eigenvalue weighted by Crippen LogP contribution is 2.54. The summed E-state index contributed by atoms with van der Waals surface area (Å²) in [6.07, 6.45) is 2.85. The Morgan fingerprint density at radius 3 is 2.55 bits per heavy atom. The predicted octanol–water partition coefficient (Wildman–Crippen LogP) is 0.950. The summed E-state index contributed by atoms with van der Waals surface area (Å²) in [5, 5.41) is 9.22. The maximum Gasteiger partial charge on any atom is 0.248 e. The van der Waals surface area contributed by atoms with E-state index >= 15 is 0 Å². The molecule has 1 aliphatic carbocycles. The van der Waals surface area contributed by atoms with E-state index in [9.17, 15) is 14.8 Å². The quantitative estimate of drug-likeness (QED) is 0.576. The van der Waals surface area contributed by atoms with Crippen LogP contribution in [0, 0.1) is 11.3 Å². The highest BCUT2D eigenvalue weighted by Gasteiger charge is 2.55. The van der Waals surface area contributed by atoms with Crippen molar-refractivity contribution in [2.45, 2.75) is 25.3 Å². The number of likely N-dealkylation sites (N-methyl/N-ethyl adjacent to an activating group) is 1. The van der Waals surface area contributed by atoms with Gasteiger partial charge in [-0.05, 0) is 43.9 Å². The molecule has 29 heavy (non-hydrogen) atoms. The molecule has 2 aliphatic heterocycles. The largest absolute Gasteiger partial charge is 0.497 e. The molecule has 158 valence electrons. The molecular weight excluding hydrogens is 372 g/mol. The van der Waals surface area contributed by atoms with E-state index in [2.05, 4.69) is 4.90 Å². The van der Waals surface area contributed by atoms with Gasteiger partial charge in [-0.1, -0.05) is 6.07 Å². The van der Waals surface area contributed by atoms with E-state index in [4.69, 9.17) is 4.74 Å². The molecule has 1 spiro atoms. The molecule has 0 aromatic heterocycles. The Balaban J connectivity index is 1.43. The van der Waals surface area contributed by atoms with Gasteiger partial charge in [-0.15, -0.1) is 0 Å². The number of hydrogen-bond donors (Lipinski definition) is 2. The van der Waals surface area contributed by atoms with Crippen LogP contribution in [0.1, 0.15) is 19.3 Å². The first-order valence-corrected chi connectivity index (χ1v) is 10.3. The van der Waals surface area contributed by atoms with Crippen LogP contribution in [0.25, 0.3) is 0 Å². The molecule has 2 atom stereocenters. The average molecular weight is 402 g/mol. The fraction of sp³-hybridized carbons (Fsp3) is 0.619. The number of benzene rings is 1. The van der Waals surface area contributed by atoms with Crippen molar-refractivity contribution >= 4 is 17.5 Å². The lowest BCUT2D eigenvalue weighted by Crippen LogP contribution is -2.61. The molecule has 2 heterocycles. The average Bonchev–Trinajstić information content (AvgIpc) is 3.50. The van der Waals surface area contributed by atoms with E-state index in [0.29, 0.717) is 19.5 Å². The van der Waals surface area contributed by atoms with Gasteiger partial charge in [0.2, 0.25) is 11.8 Å². The number of carbonyl (C=O) groups is 2. The van der Waals surface area contributed by atoms with Crippen LogP contribution in [0.2, 0.25) is 0 Å². The highest BCUT2D eigenvalue weighted by molar-refractivity contribution is 5.90. The summed E-state index contributed by atoms with van der Waals surface area (Å²) < 4.78 is 5.31. The van der Waals surface area contributed by atoms with Crippen molar-refractivity contribution in [1.29, 1.82) is 0 Å². The lowest BCUT2D eigenvalue weighted by atomic mass is 9.80. The number of likely N-dealkylation sites (tertiary alicyclic amines) is 1. The Morgan fingerprint density at radius 1 is 1.21 bits per heavy atom. The van der Waals surface area contributed by atoms with Gasteiger partial charge in [0, 0.05) is 44.5 Å². The van der Waals surface area contributed by atoms with E-state index < -0.39 is 17.9 Å². The Bertz CT molecular complexity index is 774. The number of piperidine rings is 1. The van der Waals surface area contributed by atoms with Gasteiger partial charge in [0.15, 0.2) is 0 Å². The van der Waals surface area contributed by atoms with Crippen molar-refractivity contribution in [3.8, 4) is 5.75 Å². The normalized spacial score (nSPS) is 26.3. The standard InChI is InChI=1S/C21H30N4O4/c1-23-14-21(6-7-21)13-17(19(26)22-28)18(23)20(27)25-10-8-24(9-11-25)15-4-3-5-16(12-15)29-2/h3-5,12,17-18,28H,6-11,13-14H2,1-2H3,(H,22,26). The molecule has 8 nitrogen and oxygen atoms in total. The van der Waals surface area contributed by atoms with Crippen molar-refractivity contribution in [3.05, 3.63) is 24.3 Å². The number of methoxy groups -OCH3 is 1. The van der Waals surface area contributed by atoms with Crippen LogP contribution in [-0.4, -0.2) is 79.7 Å². The van der Waals surface area contributed by atoms with Crippen LogP contribution >= 0.6 is 0 Å². The van der Waals surface area contributed by atoms with Gasteiger partial charge in [0.1, 0.15) is 11.8 Å². The van der Waals surface area contributed by atoms with Crippen LogP contribution < -0.4 is 15.1 Å². The molecule has 1 aromatic rings. The molecule has 4 rings (SSSR count). The van der Waals surface area contributed by atoms with Crippen LogP contribution in [0.5, 0.6) is 5.75 Å². The zero-order chi connectivity index (χ0) is 20.6. The van der Waals surface area contributed by atoms with Crippen molar-refractivity contribution < 1.29 is 19.5 Å². The first kappa shape index (κ1) is 20.0. The number of nitrogens with one attached hydrogen (secondary N) is 1. The first-order chi connectivity index (χ1) is 14.0. The van der Waals surface area contributed by atoms with Gasteiger partial charge in [-0.2, -0.15) is 0 Å². The van der Waals surface area contributed by atoms with Gasteiger partial charge >= 0.3 is 0 Å². The fourth-order valence-electron chi connectivity index (χ4n) is 4.98. The molecule has 0 bridgehead atoms. The van der Waals surface area contributed by atoms with Crippen LogP contribution in [0.15, 0.2) is 24.3 Å². The number of anilines is 1. The van der Waals surface area contributed by atoms with E-state index in [1.165, 1.54) is 0 Å². The summed E-state index contributed by atoms with van der Waals surface area (Å²) in [4.78, 5) is 31.8. The SMILES string of the molecule is COc1cccc(N2CCN(C(=O)C3C(C(=O)NO)CC4(CC4)CN3C)CC2)c1. The molecule has 2 amide bonds. The zero-order valence-corrected chi connectivity index (χ0v) is 17.1. The molecule has 2 N–H and O–H groups in total. The van der Waals surface area contributed by atoms with Crippen LogP contribution in [0.4, 0.5) is 5.69 Å². The van der Waals surface area contributed by atoms with Crippen LogP contribution in [0.3, 0.4) is 0 Å². The number of nitrogens with zero attached hydrogens (tertiary/aromatic N) is 3. The molecule has 2 saturated heterocycles. The van der Waals surface area contributed by atoms with Gasteiger partial charge in [-0.25, -0.2) is 5.48 Å². The molecule has 0 radical (unpaired) electrons. The summed E-state index contributed by atoms with van der Waals surface area (Å²) >= 11 is 0. The van der Waals surface area contributed by atoms with E-state index in [-0.39, 0.29) is 11.3 Å². The summed E-state index contributed by atoms with van der Waals surface area (Å²) in [5.41, 5.74) is 3.02. The van der Waals surface area contributed by atoms with Crippen molar-refractivity contribution in [2.24, 2.45) is 11.3 Å². The van der Waals surface area contributed by atoms with Gasteiger partial charge in [-0.3, -0.25) is 19.7 Å². The van der Waals surface area contributed by atoms with Gasteiger partial charge in [0.25, 0.3) is 0 Å². The van der Waals surface area contributed by atoms with Crippen molar-refractivity contribution in [2.75, 3.05) is 51.8 Å². The van der Waals surface area contributed by atoms with E-state index in [1.54, 1.807) is 12.6 Å². The topological polar surface area (TPSA) is 85.3 Å². The molecule has 1 aromatic carbocycles. The Hall–Kier alpha value is -2.32. The number of amides is 2. The Labute approximate surface area is 171 Å². The fourth-order valence-corrected chi connectivity index (χ4v) is 4.98. The third-order valence-electron chi connectivity index (χ3n) is 6.76. The summed E-state index contributed by atoms with van der Waals surface area (Å²) in [6, 6.07) is 7.42. The van der Waals surface area contributed by atoms with E-state index in [0.717, 1.165) is 43.9 Å². The summed E-state index contributed by atoms with van der Waals surface area (Å²) in [5.74, 6) is -0.153. The second-order valence-corrected chi connectivity index (χ2v) is 8.66. The number of hydroxylamine groups is 1. The lowest BCUT2D eigenvalue weighted by Gasteiger charge is -2.45. The minimum Gasteiger partial charge on any atom is -0.497 e. The minimum atomic E-state index is -0.517. The minimum absolute atomic E-state index is 0.0121. The van der Waals surface area contributed by atoms with Crippen molar-refractivity contribution in [1.82, 2.24) is 15.3 Å². The van der Waals surface area contributed by atoms with Gasteiger partial charge < -0.3 is 14.5 Å². The molecule has 3 aliphatic rings. The smallest absolute Gasteiger partial charge is 0.248 e. The van der Waals surface area contributed by atoms with Crippen LogP contribution in [-0.2, 0) is 9.59 Å². The van der Waals surface area contributed by atoms with Gasteiger partial charge in [0.05, 0.1) is 13.0 Å². The molecule has 3 fully saturated rings. The summed E-state index contributed by atoms with van der Waals surface area (Å²) in [6.45, 7) is 3.52. The third kappa shape index (κ3) is 3.91. The number of ether oxygens (including phenoxy) is 1. The number of rotatable bonds is 4. The lowest BCUT2D eigenvalue weighted by molar-refractivity contribution is -0.150. The predicted molar refractivity (Wildman–Crippen MR) is 108 cm³/mol. The first-order valence-electron chi connectivity index (χ1n) is 10.3. The number of carbonyl (C=O) groups excluding carboxylic acids is 2. The second-order valence-electron chi connectivity index (χ2n) is 8.66. The molecule has 2 unspecified atom stereocenters. The van der Waals surface area contributed by atoms with Crippen molar-refractivity contribution in [3.63, 3.8) is 0 Å². The maximum atomic E-state index is 13.4. The Kier molecular flexibility index (Phi) is 5.40. The Morgan fingerprint density at radius 2 is 1.93 bits per heavy atom. The van der Waals surface area contributed by atoms with E-state index in [1.807, 2.05) is 41.1 Å². The second kappa shape index (κ2) is 7.84. The number of piperazine rings is 1. The molecular formula is C21H30N4O4. The zero-order valence-electron chi connectivity index (χ0n) is 17.1. The maximum absolute atomic E-state index is 13.4. The number of hydrogen-bond acceptors (Lipinski definition) is 6. The third-order valence-corrected chi connectivity index (χ3v) is 6.76. The highest BCUT2D eigenvalue weighted by atomic mass is 16.5. The summed E-state index contributed by atoms with van der Waals surface area (Å²) in [7, 11) is 3.58. The molecule has 8 heteroatoms.